The minimum absolute atomic E-state index is 0.00762. The number of carbonyl (C=O) groups is 3. The molecule has 0 radical (unpaired) electrons. The van der Waals surface area contributed by atoms with Crippen molar-refractivity contribution in [1.29, 1.82) is 0 Å². The fourth-order valence-corrected chi connectivity index (χ4v) is 4.98. The van der Waals surface area contributed by atoms with Crippen molar-refractivity contribution < 1.29 is 33.4 Å². The van der Waals surface area contributed by atoms with E-state index in [-0.39, 0.29) is 41.3 Å². The summed E-state index contributed by atoms with van der Waals surface area (Å²) < 4.78 is 24.8. The van der Waals surface area contributed by atoms with Gasteiger partial charge in [-0.2, -0.15) is 0 Å². The van der Waals surface area contributed by atoms with E-state index < -0.39 is 29.8 Å². The van der Waals surface area contributed by atoms with Crippen molar-refractivity contribution in [2.75, 3.05) is 33.9 Å². The second-order valence-electron chi connectivity index (χ2n) is 10.8. The number of nitrogens with zero attached hydrogens (tertiary/aromatic N) is 1. The Morgan fingerprint density at radius 3 is 2.22 bits per heavy atom. The molecule has 0 spiro atoms. The molecule has 10 nitrogen and oxygen atoms in total. The van der Waals surface area contributed by atoms with Gasteiger partial charge in [0.2, 0.25) is 5.91 Å². The van der Waals surface area contributed by atoms with E-state index in [0.717, 1.165) is 18.4 Å². The molecule has 0 saturated carbocycles. The number of methoxy groups -OCH3 is 2. The molecule has 3 rings (SSSR count). The number of aliphatic hydroxyl groups is 1. The fourth-order valence-electron chi connectivity index (χ4n) is 4.98. The first-order valence-electron chi connectivity index (χ1n) is 15.0. The second kappa shape index (κ2) is 17.1. The second-order valence-corrected chi connectivity index (χ2v) is 10.8. The van der Waals surface area contributed by atoms with Gasteiger partial charge in [0.25, 0.3) is 11.8 Å². The van der Waals surface area contributed by atoms with Crippen LogP contribution in [0.2, 0.25) is 0 Å². The number of carbonyl (C=O) groups excluding carboxylic acids is 3. The Labute approximate surface area is 263 Å². The third-order valence-corrected chi connectivity index (χ3v) is 7.27. The lowest BCUT2D eigenvalue weighted by atomic mass is 9.99. The van der Waals surface area contributed by atoms with E-state index in [4.69, 9.17) is 15.2 Å². The van der Waals surface area contributed by atoms with Gasteiger partial charge in [-0.15, -0.1) is 0 Å². The molecule has 0 bridgehead atoms. The van der Waals surface area contributed by atoms with Gasteiger partial charge in [-0.3, -0.25) is 14.4 Å². The molecule has 0 aliphatic heterocycles. The van der Waals surface area contributed by atoms with Crippen molar-refractivity contribution in [2.45, 2.75) is 51.8 Å². The normalized spacial score (nSPS) is 12.2. The summed E-state index contributed by atoms with van der Waals surface area (Å²) in [6.45, 7) is 5.47. The first-order chi connectivity index (χ1) is 21.6. The molecule has 3 aromatic rings. The van der Waals surface area contributed by atoms with Crippen LogP contribution in [0.25, 0.3) is 0 Å². The Hall–Kier alpha value is -4.48. The highest BCUT2D eigenvalue weighted by Crippen LogP contribution is 2.20. The van der Waals surface area contributed by atoms with Crippen molar-refractivity contribution in [3.8, 4) is 11.5 Å². The van der Waals surface area contributed by atoms with Crippen LogP contribution in [0.4, 0.5) is 4.39 Å². The summed E-state index contributed by atoms with van der Waals surface area (Å²) in [5.41, 5.74) is 7.20. The Kier molecular flexibility index (Phi) is 13.3. The highest BCUT2D eigenvalue weighted by molar-refractivity contribution is 6.04. The Bertz CT molecular complexity index is 1460. The summed E-state index contributed by atoms with van der Waals surface area (Å²) in [6.07, 6.45) is 0.462. The van der Waals surface area contributed by atoms with Crippen molar-refractivity contribution in [1.82, 2.24) is 15.5 Å². The Balaban J connectivity index is 1.87. The molecule has 2 atom stereocenters. The minimum atomic E-state index is -1.10. The summed E-state index contributed by atoms with van der Waals surface area (Å²) in [6, 6.07) is 15.1. The number of amides is 3. The number of rotatable bonds is 17. The van der Waals surface area contributed by atoms with Crippen LogP contribution in [-0.2, 0) is 13.0 Å². The van der Waals surface area contributed by atoms with Crippen molar-refractivity contribution in [3.05, 3.63) is 94.3 Å². The third-order valence-electron chi connectivity index (χ3n) is 7.27. The van der Waals surface area contributed by atoms with E-state index in [1.165, 1.54) is 37.4 Å². The van der Waals surface area contributed by atoms with Crippen molar-refractivity contribution in [2.24, 2.45) is 5.73 Å². The number of nitrogens with two attached hydrogens (primary N) is 1. The summed E-state index contributed by atoms with van der Waals surface area (Å²) in [4.78, 5) is 40.8. The maximum absolute atomic E-state index is 14.5. The topological polar surface area (TPSA) is 143 Å². The van der Waals surface area contributed by atoms with E-state index in [0.29, 0.717) is 30.9 Å². The van der Waals surface area contributed by atoms with E-state index >= 15 is 0 Å². The molecule has 3 aromatic carbocycles. The molecular formula is C34H43FN4O6. The predicted molar refractivity (Wildman–Crippen MR) is 170 cm³/mol. The van der Waals surface area contributed by atoms with E-state index in [1.807, 2.05) is 38.1 Å². The zero-order valence-electron chi connectivity index (χ0n) is 26.3. The van der Waals surface area contributed by atoms with Gasteiger partial charge in [0, 0.05) is 42.9 Å². The Morgan fingerprint density at radius 1 is 0.911 bits per heavy atom. The molecule has 2 unspecified atom stereocenters. The largest absolute Gasteiger partial charge is 0.497 e. The average Bonchev–Trinajstić information content (AvgIpc) is 3.03. The number of ether oxygens (including phenoxy) is 2. The maximum atomic E-state index is 14.5. The number of primary amides is 1. The highest BCUT2D eigenvalue weighted by Gasteiger charge is 2.25. The van der Waals surface area contributed by atoms with Crippen LogP contribution in [-0.4, -0.2) is 73.7 Å². The van der Waals surface area contributed by atoms with Crippen molar-refractivity contribution in [3.63, 3.8) is 0 Å². The van der Waals surface area contributed by atoms with Gasteiger partial charge in [0.05, 0.1) is 26.4 Å². The summed E-state index contributed by atoms with van der Waals surface area (Å²) >= 11 is 0. The average molecular weight is 623 g/mol. The van der Waals surface area contributed by atoms with Gasteiger partial charge in [-0.05, 0) is 72.9 Å². The molecule has 0 saturated heterocycles. The van der Waals surface area contributed by atoms with Crippen LogP contribution in [0.3, 0.4) is 0 Å². The number of nitrogens with one attached hydrogen (secondary N) is 2. The molecule has 5 N–H and O–H groups in total. The van der Waals surface area contributed by atoms with Gasteiger partial charge in [0.1, 0.15) is 5.75 Å². The molecule has 45 heavy (non-hydrogen) atoms. The number of benzene rings is 3. The molecule has 11 heteroatoms. The number of aliphatic hydroxyl groups excluding tert-OH is 1. The predicted octanol–water partition coefficient (Wildman–Crippen LogP) is 3.70. The monoisotopic (exact) mass is 622 g/mol. The highest BCUT2D eigenvalue weighted by atomic mass is 19.1. The van der Waals surface area contributed by atoms with Gasteiger partial charge < -0.3 is 35.8 Å². The van der Waals surface area contributed by atoms with Gasteiger partial charge in [-0.1, -0.05) is 32.0 Å². The van der Waals surface area contributed by atoms with Crippen LogP contribution in [0, 0.1) is 5.82 Å². The van der Waals surface area contributed by atoms with Gasteiger partial charge in [-0.25, -0.2) is 4.39 Å². The molecule has 0 aliphatic rings. The van der Waals surface area contributed by atoms with Gasteiger partial charge >= 0.3 is 0 Å². The first-order valence-corrected chi connectivity index (χ1v) is 15.0. The molecule has 0 heterocycles. The van der Waals surface area contributed by atoms with Crippen LogP contribution in [0.5, 0.6) is 11.5 Å². The van der Waals surface area contributed by atoms with Crippen LogP contribution < -0.4 is 25.8 Å². The molecule has 0 aromatic heterocycles. The number of hydrogen-bond donors (Lipinski definition) is 4. The van der Waals surface area contributed by atoms with E-state index in [9.17, 15) is 23.9 Å². The summed E-state index contributed by atoms with van der Waals surface area (Å²) in [5.74, 6) is -1.54. The molecule has 242 valence electrons. The standard InChI is InChI=1S/C34H43FN4O6/c1-5-12-39(13-6-2)34(43)26-18-24(32(36)41)17-25(19-26)33(42)38-29(16-22-10-11-31(45-4)28(35)15-22)30(40)21-37-20-23-8-7-9-27(14-23)44-3/h7-11,14-15,17-19,29-30,37,40H,5-6,12-13,16,20-21H2,1-4H3,(H2,36,41)(H,38,42). The minimum Gasteiger partial charge on any atom is -0.497 e. The van der Waals surface area contributed by atoms with Crippen molar-refractivity contribution >= 4 is 17.7 Å². The maximum Gasteiger partial charge on any atom is 0.253 e. The van der Waals surface area contributed by atoms with Crippen LogP contribution >= 0.6 is 0 Å². The molecular weight excluding hydrogens is 579 g/mol. The SMILES string of the molecule is CCCN(CCC)C(=O)c1cc(C(N)=O)cc(C(=O)NC(Cc2ccc(OC)c(F)c2)C(O)CNCc2cccc(OC)c2)c1. The third kappa shape index (κ3) is 10.0. The zero-order chi connectivity index (χ0) is 32.9. The number of hydrogen-bond acceptors (Lipinski definition) is 7. The van der Waals surface area contributed by atoms with E-state index in [2.05, 4.69) is 10.6 Å². The van der Waals surface area contributed by atoms with Crippen LogP contribution in [0.15, 0.2) is 60.7 Å². The lowest BCUT2D eigenvalue weighted by Crippen LogP contribution is -2.48. The smallest absolute Gasteiger partial charge is 0.253 e. The zero-order valence-corrected chi connectivity index (χ0v) is 26.3. The lowest BCUT2D eigenvalue weighted by molar-refractivity contribution is 0.0755. The van der Waals surface area contributed by atoms with E-state index in [1.54, 1.807) is 18.1 Å². The molecule has 0 fully saturated rings. The molecule has 3 amide bonds. The fraction of sp³-hybridized carbons (Fsp3) is 0.382. The summed E-state index contributed by atoms with van der Waals surface area (Å²) in [7, 11) is 2.94. The van der Waals surface area contributed by atoms with Gasteiger partial charge in [0.15, 0.2) is 11.6 Å². The quantitative estimate of drug-likeness (QED) is 0.180. The number of halogens is 1. The van der Waals surface area contributed by atoms with Crippen LogP contribution in [0.1, 0.15) is 68.9 Å². The lowest BCUT2D eigenvalue weighted by Gasteiger charge is -2.25. The Morgan fingerprint density at radius 2 is 1.60 bits per heavy atom. The summed E-state index contributed by atoms with van der Waals surface area (Å²) in [5, 5.41) is 17.2. The first kappa shape index (κ1) is 35.0. The molecule has 0 aliphatic carbocycles.